The van der Waals surface area contributed by atoms with Crippen molar-refractivity contribution >= 4 is 19.7 Å². The molecule has 1 heterocycles. The van der Waals surface area contributed by atoms with Crippen LogP contribution in [0.1, 0.15) is 11.3 Å². The lowest BCUT2D eigenvalue weighted by Crippen LogP contribution is -1.94. The van der Waals surface area contributed by atoms with Crippen molar-refractivity contribution in [1.29, 1.82) is 0 Å². The lowest BCUT2D eigenvalue weighted by Gasteiger charge is -1.92. The van der Waals surface area contributed by atoms with Crippen LogP contribution in [0.15, 0.2) is 16.7 Å². The van der Waals surface area contributed by atoms with Gasteiger partial charge in [0, 0.05) is 10.7 Å². The molecule has 0 aliphatic rings. The number of furan rings is 1. The molecule has 0 bridgehead atoms. The SMILES string of the molecule is Cc1ccoc1CS(=O)(=O)Cl. The van der Waals surface area contributed by atoms with Crippen LogP contribution in [-0.4, -0.2) is 8.42 Å². The van der Waals surface area contributed by atoms with Gasteiger partial charge in [-0.15, -0.1) is 0 Å². The van der Waals surface area contributed by atoms with Crippen LogP contribution in [0.3, 0.4) is 0 Å². The second-order valence-electron chi connectivity index (χ2n) is 2.21. The minimum atomic E-state index is -3.49. The van der Waals surface area contributed by atoms with Crippen LogP contribution in [0.4, 0.5) is 0 Å². The molecule has 5 heteroatoms. The third-order valence-electron chi connectivity index (χ3n) is 1.27. The van der Waals surface area contributed by atoms with Gasteiger partial charge in [0.2, 0.25) is 9.05 Å². The van der Waals surface area contributed by atoms with Crippen LogP contribution in [0.25, 0.3) is 0 Å². The van der Waals surface area contributed by atoms with Gasteiger partial charge in [0.15, 0.2) is 0 Å². The summed E-state index contributed by atoms with van der Waals surface area (Å²) in [7, 11) is 1.52. The smallest absolute Gasteiger partial charge is 0.239 e. The molecule has 0 saturated heterocycles. The molecular formula is C6H7ClO3S. The summed E-state index contributed by atoms with van der Waals surface area (Å²) >= 11 is 0. The van der Waals surface area contributed by atoms with Gasteiger partial charge in [0.25, 0.3) is 0 Å². The molecule has 0 aliphatic carbocycles. The first-order chi connectivity index (χ1) is 4.99. The quantitative estimate of drug-likeness (QED) is 0.673. The predicted molar refractivity (Wildman–Crippen MR) is 41.9 cm³/mol. The molecule has 0 fully saturated rings. The monoisotopic (exact) mass is 194 g/mol. The third-order valence-corrected chi connectivity index (χ3v) is 2.21. The second-order valence-corrected chi connectivity index (χ2v) is 4.99. The van der Waals surface area contributed by atoms with E-state index in [-0.39, 0.29) is 5.75 Å². The number of halogens is 1. The Hall–Kier alpha value is -0.480. The maximum atomic E-state index is 10.6. The summed E-state index contributed by atoms with van der Waals surface area (Å²) in [5.41, 5.74) is 0.800. The van der Waals surface area contributed by atoms with Crippen LogP contribution in [0.5, 0.6) is 0 Å². The van der Waals surface area contributed by atoms with Crippen molar-refractivity contribution in [1.82, 2.24) is 0 Å². The Kier molecular flexibility index (Phi) is 2.25. The maximum Gasteiger partial charge on any atom is 0.239 e. The van der Waals surface area contributed by atoms with Crippen LogP contribution >= 0.6 is 10.7 Å². The summed E-state index contributed by atoms with van der Waals surface area (Å²) < 4.78 is 26.0. The van der Waals surface area contributed by atoms with E-state index < -0.39 is 9.05 Å². The Bertz CT molecular complexity index is 338. The van der Waals surface area contributed by atoms with Gasteiger partial charge in [-0.1, -0.05) is 0 Å². The summed E-state index contributed by atoms with van der Waals surface area (Å²) in [4.78, 5) is 0. The molecule has 0 aliphatic heterocycles. The van der Waals surface area contributed by atoms with Gasteiger partial charge in [-0.05, 0) is 18.6 Å². The standard InChI is InChI=1S/C6H7ClO3S/c1-5-2-3-10-6(5)4-11(7,8)9/h2-3H,4H2,1H3. The van der Waals surface area contributed by atoms with E-state index in [0.717, 1.165) is 5.56 Å². The molecule has 0 N–H and O–H groups in total. The Labute approximate surface area is 69.4 Å². The normalized spacial score (nSPS) is 11.8. The van der Waals surface area contributed by atoms with Crippen LogP contribution in [0, 0.1) is 6.92 Å². The Morgan fingerprint density at radius 3 is 2.64 bits per heavy atom. The maximum absolute atomic E-state index is 10.6. The van der Waals surface area contributed by atoms with Crippen molar-refractivity contribution in [2.75, 3.05) is 0 Å². The molecule has 3 nitrogen and oxygen atoms in total. The van der Waals surface area contributed by atoms with Crippen molar-refractivity contribution in [3.05, 3.63) is 23.7 Å². The van der Waals surface area contributed by atoms with Crippen molar-refractivity contribution < 1.29 is 12.8 Å². The zero-order chi connectivity index (χ0) is 8.48. The first-order valence-corrected chi connectivity index (χ1v) is 5.42. The summed E-state index contributed by atoms with van der Waals surface area (Å²) in [6.07, 6.45) is 1.44. The lowest BCUT2D eigenvalue weighted by molar-refractivity contribution is 0.520. The molecule has 0 aromatic carbocycles. The zero-order valence-electron chi connectivity index (χ0n) is 5.87. The molecule has 0 unspecified atom stereocenters. The number of aryl methyl sites for hydroxylation is 1. The first-order valence-electron chi connectivity index (χ1n) is 2.94. The molecule has 0 amide bonds. The fourth-order valence-corrected chi connectivity index (χ4v) is 1.61. The predicted octanol–water partition coefficient (Wildman–Crippen LogP) is 1.66. The van der Waals surface area contributed by atoms with Gasteiger partial charge in [0.05, 0.1) is 6.26 Å². The molecule has 0 radical (unpaired) electrons. The first kappa shape index (κ1) is 8.62. The van der Waals surface area contributed by atoms with E-state index in [4.69, 9.17) is 15.1 Å². The molecule has 0 saturated carbocycles. The number of hydrogen-bond acceptors (Lipinski definition) is 3. The molecule has 1 aromatic rings. The topological polar surface area (TPSA) is 47.3 Å². The van der Waals surface area contributed by atoms with E-state index in [0.29, 0.717) is 5.76 Å². The minimum absolute atomic E-state index is 0.243. The highest BCUT2D eigenvalue weighted by atomic mass is 35.7. The average molecular weight is 195 g/mol. The highest BCUT2D eigenvalue weighted by Gasteiger charge is 2.11. The van der Waals surface area contributed by atoms with Gasteiger partial charge in [-0.25, -0.2) is 8.42 Å². The van der Waals surface area contributed by atoms with Gasteiger partial charge in [-0.3, -0.25) is 0 Å². The Morgan fingerprint density at radius 2 is 2.27 bits per heavy atom. The number of hydrogen-bond donors (Lipinski definition) is 0. The van der Waals surface area contributed by atoms with E-state index in [1.807, 2.05) is 0 Å². The van der Waals surface area contributed by atoms with E-state index in [1.165, 1.54) is 6.26 Å². The lowest BCUT2D eigenvalue weighted by atomic mass is 10.3. The average Bonchev–Trinajstić information content (AvgIpc) is 2.12. The molecule has 11 heavy (non-hydrogen) atoms. The zero-order valence-corrected chi connectivity index (χ0v) is 7.45. The van der Waals surface area contributed by atoms with Gasteiger partial charge < -0.3 is 4.42 Å². The molecule has 0 atom stereocenters. The summed E-state index contributed by atoms with van der Waals surface area (Å²) in [5.74, 6) is 0.160. The van der Waals surface area contributed by atoms with Gasteiger partial charge in [0.1, 0.15) is 11.5 Å². The minimum Gasteiger partial charge on any atom is -0.468 e. The fraction of sp³-hybridized carbons (Fsp3) is 0.333. The molecule has 1 aromatic heterocycles. The molecule has 0 spiro atoms. The highest BCUT2D eigenvalue weighted by Crippen LogP contribution is 2.14. The van der Waals surface area contributed by atoms with E-state index >= 15 is 0 Å². The van der Waals surface area contributed by atoms with E-state index in [2.05, 4.69) is 0 Å². The van der Waals surface area contributed by atoms with Crippen LogP contribution < -0.4 is 0 Å². The van der Waals surface area contributed by atoms with Crippen molar-refractivity contribution in [2.24, 2.45) is 0 Å². The fourth-order valence-electron chi connectivity index (χ4n) is 0.709. The summed E-state index contributed by atoms with van der Waals surface area (Å²) in [6.45, 7) is 1.76. The summed E-state index contributed by atoms with van der Waals surface area (Å²) in [6, 6.07) is 1.69. The highest BCUT2D eigenvalue weighted by molar-refractivity contribution is 8.13. The molecule has 1 rings (SSSR count). The van der Waals surface area contributed by atoms with Crippen molar-refractivity contribution in [2.45, 2.75) is 12.7 Å². The van der Waals surface area contributed by atoms with Crippen LogP contribution in [0.2, 0.25) is 0 Å². The van der Waals surface area contributed by atoms with Gasteiger partial charge >= 0.3 is 0 Å². The van der Waals surface area contributed by atoms with Crippen molar-refractivity contribution in [3.8, 4) is 0 Å². The summed E-state index contributed by atoms with van der Waals surface area (Å²) in [5, 5.41) is 0. The van der Waals surface area contributed by atoms with E-state index in [1.54, 1.807) is 13.0 Å². The largest absolute Gasteiger partial charge is 0.468 e. The third kappa shape index (κ3) is 2.55. The van der Waals surface area contributed by atoms with E-state index in [9.17, 15) is 8.42 Å². The Morgan fingerprint density at radius 1 is 1.64 bits per heavy atom. The molecule has 62 valence electrons. The van der Waals surface area contributed by atoms with Crippen molar-refractivity contribution in [3.63, 3.8) is 0 Å². The second kappa shape index (κ2) is 2.87. The number of rotatable bonds is 2. The molecular weight excluding hydrogens is 188 g/mol. The Balaban J connectivity index is 2.89. The van der Waals surface area contributed by atoms with Gasteiger partial charge in [-0.2, -0.15) is 0 Å². The van der Waals surface area contributed by atoms with Crippen LogP contribution in [-0.2, 0) is 14.8 Å².